The van der Waals surface area contributed by atoms with Crippen LogP contribution in [0.25, 0.3) is 5.69 Å². The van der Waals surface area contributed by atoms with Gasteiger partial charge in [0.05, 0.1) is 11.9 Å². The van der Waals surface area contributed by atoms with E-state index in [2.05, 4.69) is 29.6 Å². The first-order chi connectivity index (χ1) is 18.2. The normalized spacial score (nSPS) is 11.0. The predicted octanol–water partition coefficient (Wildman–Crippen LogP) is 6.42. The van der Waals surface area contributed by atoms with Crippen molar-refractivity contribution in [2.45, 2.75) is 33.6 Å². The van der Waals surface area contributed by atoms with Crippen molar-refractivity contribution in [3.63, 3.8) is 0 Å². The van der Waals surface area contributed by atoms with Crippen LogP contribution in [0.5, 0.6) is 11.5 Å². The minimum absolute atomic E-state index is 0.149. The molecule has 8 heteroatoms. The first-order valence-corrected chi connectivity index (χ1v) is 12.5. The van der Waals surface area contributed by atoms with Crippen LogP contribution >= 0.6 is 0 Å². The first kappa shape index (κ1) is 26.6. The van der Waals surface area contributed by atoms with Crippen molar-refractivity contribution in [2.24, 2.45) is 5.92 Å². The lowest BCUT2D eigenvalue weighted by Gasteiger charge is -2.16. The molecule has 1 heterocycles. The number of hydrogen-bond donors (Lipinski definition) is 2. The highest BCUT2D eigenvalue weighted by molar-refractivity contribution is 5.94. The lowest BCUT2D eigenvalue weighted by Crippen LogP contribution is -2.27. The van der Waals surface area contributed by atoms with Crippen molar-refractivity contribution in [1.29, 1.82) is 0 Å². The van der Waals surface area contributed by atoms with Crippen LogP contribution in [-0.4, -0.2) is 22.2 Å². The Bertz CT molecular complexity index is 1460. The number of ether oxygens (including phenoxy) is 1. The van der Waals surface area contributed by atoms with Crippen LogP contribution in [0.3, 0.4) is 0 Å². The minimum Gasteiger partial charge on any atom is -0.453 e. The van der Waals surface area contributed by atoms with E-state index in [9.17, 15) is 14.0 Å². The van der Waals surface area contributed by atoms with Gasteiger partial charge in [-0.1, -0.05) is 39.8 Å². The lowest BCUT2D eigenvalue weighted by molar-refractivity contribution is 0.0949. The van der Waals surface area contributed by atoms with E-state index in [1.54, 1.807) is 24.3 Å². The molecule has 0 aliphatic heterocycles. The van der Waals surface area contributed by atoms with E-state index < -0.39 is 11.4 Å². The summed E-state index contributed by atoms with van der Waals surface area (Å²) in [4.78, 5) is 26.0. The zero-order valence-corrected chi connectivity index (χ0v) is 21.9. The average Bonchev–Trinajstić information content (AvgIpc) is 2.90. The number of hydrogen-bond acceptors (Lipinski definition) is 5. The molecule has 38 heavy (non-hydrogen) atoms. The van der Waals surface area contributed by atoms with Gasteiger partial charge in [-0.2, -0.15) is 9.78 Å². The fourth-order valence-electron chi connectivity index (χ4n) is 3.71. The van der Waals surface area contributed by atoms with Gasteiger partial charge in [0.15, 0.2) is 11.4 Å². The molecule has 0 radical (unpaired) electrons. The van der Waals surface area contributed by atoms with Crippen LogP contribution in [0.2, 0.25) is 0 Å². The Labute approximate surface area is 221 Å². The molecular formula is C30H31FN4O3. The molecule has 0 fully saturated rings. The molecule has 7 nitrogen and oxygen atoms in total. The molecule has 0 spiro atoms. The van der Waals surface area contributed by atoms with Crippen LogP contribution in [0.1, 0.15) is 49.5 Å². The van der Waals surface area contributed by atoms with Gasteiger partial charge in [0.25, 0.3) is 11.5 Å². The van der Waals surface area contributed by atoms with Gasteiger partial charge >= 0.3 is 0 Å². The van der Waals surface area contributed by atoms with E-state index in [0.717, 1.165) is 5.56 Å². The zero-order valence-electron chi connectivity index (χ0n) is 21.9. The van der Waals surface area contributed by atoms with Crippen molar-refractivity contribution in [2.75, 3.05) is 11.9 Å². The van der Waals surface area contributed by atoms with Crippen LogP contribution in [0.15, 0.2) is 83.8 Å². The van der Waals surface area contributed by atoms with E-state index in [4.69, 9.17) is 4.74 Å². The summed E-state index contributed by atoms with van der Waals surface area (Å²) in [5.74, 6) is 0.862. The molecule has 2 N–H and O–H groups in total. The molecule has 0 bridgehead atoms. The fourth-order valence-corrected chi connectivity index (χ4v) is 3.71. The van der Waals surface area contributed by atoms with E-state index in [1.807, 2.05) is 38.1 Å². The van der Waals surface area contributed by atoms with Gasteiger partial charge in [0.2, 0.25) is 0 Å². The Morgan fingerprint density at radius 3 is 2.37 bits per heavy atom. The topological polar surface area (TPSA) is 85.2 Å². The third-order valence-electron chi connectivity index (χ3n) is 5.85. The van der Waals surface area contributed by atoms with E-state index in [0.29, 0.717) is 41.1 Å². The summed E-state index contributed by atoms with van der Waals surface area (Å²) in [5.41, 5.74) is 2.27. The maximum Gasteiger partial charge on any atom is 0.299 e. The van der Waals surface area contributed by atoms with Gasteiger partial charge in [-0.15, -0.1) is 0 Å². The minimum atomic E-state index is -0.479. The van der Waals surface area contributed by atoms with Crippen LogP contribution in [0, 0.1) is 11.7 Å². The van der Waals surface area contributed by atoms with E-state index in [-0.39, 0.29) is 17.3 Å². The van der Waals surface area contributed by atoms with Gasteiger partial charge in [-0.25, -0.2) is 4.39 Å². The molecule has 1 aromatic heterocycles. The van der Waals surface area contributed by atoms with Gasteiger partial charge in [-0.3, -0.25) is 9.59 Å². The molecule has 0 unspecified atom stereocenters. The molecule has 4 aromatic rings. The largest absolute Gasteiger partial charge is 0.453 e. The second kappa shape index (κ2) is 11.7. The second-order valence-corrected chi connectivity index (χ2v) is 9.71. The van der Waals surface area contributed by atoms with Gasteiger partial charge in [-0.05, 0) is 78.1 Å². The summed E-state index contributed by atoms with van der Waals surface area (Å²) in [5, 5.41) is 10.3. The molecule has 0 aliphatic carbocycles. The first-order valence-electron chi connectivity index (χ1n) is 12.5. The number of benzene rings is 3. The maximum absolute atomic E-state index is 13.6. The molecule has 0 aliphatic rings. The monoisotopic (exact) mass is 514 g/mol. The Morgan fingerprint density at radius 1 is 1.00 bits per heavy atom. The molecule has 4 rings (SSSR count). The number of aromatic nitrogens is 2. The number of nitrogens with one attached hydrogen (secondary N) is 2. The van der Waals surface area contributed by atoms with Crippen LogP contribution < -0.4 is 20.9 Å². The lowest BCUT2D eigenvalue weighted by atomic mass is 10.0. The molecule has 1 amide bonds. The Hall–Kier alpha value is -4.46. The number of amides is 1. The summed E-state index contributed by atoms with van der Waals surface area (Å²) < 4.78 is 20.8. The van der Waals surface area contributed by atoms with Crippen molar-refractivity contribution in [3.05, 3.63) is 106 Å². The quantitative estimate of drug-likeness (QED) is 0.269. The predicted molar refractivity (Wildman–Crippen MR) is 147 cm³/mol. The Balaban J connectivity index is 1.69. The number of carbonyl (C=O) groups excluding carboxylic acids is 1. The average molecular weight is 515 g/mol. The van der Waals surface area contributed by atoms with Gasteiger partial charge in [0, 0.05) is 17.8 Å². The van der Waals surface area contributed by atoms with Crippen molar-refractivity contribution >= 4 is 17.3 Å². The maximum atomic E-state index is 13.6. The summed E-state index contributed by atoms with van der Waals surface area (Å²) in [6, 6.07) is 19.9. The zero-order chi connectivity index (χ0) is 27.2. The van der Waals surface area contributed by atoms with Crippen LogP contribution in [0.4, 0.5) is 15.8 Å². The van der Waals surface area contributed by atoms with Gasteiger partial charge in [0.1, 0.15) is 11.6 Å². The number of nitrogens with zero attached hydrogens (tertiary/aromatic N) is 2. The summed E-state index contributed by atoms with van der Waals surface area (Å²) in [7, 11) is 0. The Morgan fingerprint density at radius 2 is 1.71 bits per heavy atom. The van der Waals surface area contributed by atoms with Crippen molar-refractivity contribution in [1.82, 2.24) is 15.1 Å². The number of halogens is 1. The second-order valence-electron chi connectivity index (χ2n) is 9.71. The number of rotatable bonds is 9. The molecule has 0 saturated heterocycles. The number of carbonyl (C=O) groups is 1. The third kappa shape index (κ3) is 6.45. The Kier molecular flexibility index (Phi) is 8.21. The highest BCUT2D eigenvalue weighted by Crippen LogP contribution is 2.30. The summed E-state index contributed by atoms with van der Waals surface area (Å²) in [6.45, 7) is 8.81. The third-order valence-corrected chi connectivity index (χ3v) is 5.85. The highest BCUT2D eigenvalue weighted by atomic mass is 19.1. The van der Waals surface area contributed by atoms with Gasteiger partial charge < -0.3 is 15.4 Å². The molecule has 196 valence electrons. The molecule has 0 atom stereocenters. The smallest absolute Gasteiger partial charge is 0.299 e. The number of anilines is 2. The molecule has 0 saturated carbocycles. The SMILES string of the molecule is CC(C)CNC(=O)c1ccc(Nc2c(Oc3cccc(C(C)C)c3)cnn(-c3ccc(F)cc3)c2=O)cc1. The molecule has 3 aromatic carbocycles. The van der Waals surface area contributed by atoms with E-state index >= 15 is 0 Å². The standard InChI is InChI=1S/C30H31FN4O3/c1-19(2)17-32-29(36)21-8-12-24(13-9-21)34-28-27(38-26-7-5-6-22(16-26)20(3)4)18-33-35(30(28)37)25-14-10-23(31)11-15-25/h5-16,18-20,34H,17H2,1-4H3,(H,32,36). The summed E-state index contributed by atoms with van der Waals surface area (Å²) >= 11 is 0. The van der Waals surface area contributed by atoms with Crippen molar-refractivity contribution in [3.8, 4) is 17.2 Å². The van der Waals surface area contributed by atoms with Crippen molar-refractivity contribution < 1.29 is 13.9 Å². The van der Waals surface area contributed by atoms with Crippen LogP contribution in [-0.2, 0) is 0 Å². The summed E-state index contributed by atoms with van der Waals surface area (Å²) in [6.07, 6.45) is 1.45. The van der Waals surface area contributed by atoms with E-state index in [1.165, 1.54) is 35.1 Å². The highest BCUT2D eigenvalue weighted by Gasteiger charge is 2.16. The fraction of sp³-hybridized carbons (Fsp3) is 0.233. The molecular weight excluding hydrogens is 483 g/mol.